The molecule has 5 rings (SSSR count). The third-order valence-corrected chi connectivity index (χ3v) is 7.89. The zero-order valence-electron chi connectivity index (χ0n) is 23.6. The molecule has 3 heterocycles. The van der Waals surface area contributed by atoms with Gasteiger partial charge in [-0.3, -0.25) is 9.78 Å². The first kappa shape index (κ1) is 28.7. The van der Waals surface area contributed by atoms with Crippen LogP contribution in [0.3, 0.4) is 0 Å². The van der Waals surface area contributed by atoms with Crippen LogP contribution in [0, 0.1) is 5.41 Å². The van der Waals surface area contributed by atoms with Crippen LogP contribution in [0.2, 0.25) is 0 Å². The maximum Gasteiger partial charge on any atom is 0.404 e. The van der Waals surface area contributed by atoms with Gasteiger partial charge in [-0.1, -0.05) is 67.6 Å². The van der Waals surface area contributed by atoms with E-state index in [4.69, 9.17) is 15.2 Å². The molecule has 2 aromatic carbocycles. The molecule has 3 atom stereocenters. The van der Waals surface area contributed by atoms with Gasteiger partial charge in [0.1, 0.15) is 18.4 Å². The Hall–Kier alpha value is -4.79. The number of benzene rings is 2. The molecule has 0 bridgehead atoms. The van der Waals surface area contributed by atoms with Gasteiger partial charge in [0.15, 0.2) is 6.10 Å². The van der Waals surface area contributed by atoms with Crippen LogP contribution in [-0.4, -0.2) is 52.3 Å². The van der Waals surface area contributed by atoms with Gasteiger partial charge in [0, 0.05) is 23.6 Å². The number of nitrogens with two attached hydrogens (primary N) is 1. The summed E-state index contributed by atoms with van der Waals surface area (Å²) >= 11 is 0. The van der Waals surface area contributed by atoms with Crippen molar-refractivity contribution in [2.45, 2.75) is 51.3 Å². The molecule has 0 aliphatic carbocycles. The summed E-state index contributed by atoms with van der Waals surface area (Å²) in [7, 11) is 0. The number of hydrogen-bond donors (Lipinski definition) is 1. The van der Waals surface area contributed by atoms with E-state index in [0.717, 1.165) is 16.7 Å². The maximum atomic E-state index is 14.0. The lowest BCUT2D eigenvalue weighted by molar-refractivity contribution is -0.163. The molecule has 2 fully saturated rings. The molecule has 2 aliphatic heterocycles. The summed E-state index contributed by atoms with van der Waals surface area (Å²) in [6.07, 6.45) is 3.08. The minimum atomic E-state index is -1.00. The van der Waals surface area contributed by atoms with Crippen LogP contribution in [0.4, 0.5) is 4.79 Å². The van der Waals surface area contributed by atoms with Crippen molar-refractivity contribution in [1.82, 2.24) is 9.88 Å². The number of rotatable bonds is 10. The Kier molecular flexibility index (Phi) is 8.20. The first-order valence-electron chi connectivity index (χ1n) is 13.9. The molecule has 2 amide bonds. The summed E-state index contributed by atoms with van der Waals surface area (Å²) in [6.45, 7) is 3.19. The summed E-state index contributed by atoms with van der Waals surface area (Å²) in [5.74, 6) is -0.807. The summed E-state index contributed by atoms with van der Waals surface area (Å²) in [4.78, 5) is 56.4. The molecule has 2 saturated heterocycles. The Morgan fingerprint density at radius 3 is 2.31 bits per heavy atom. The van der Waals surface area contributed by atoms with E-state index in [2.05, 4.69) is 4.98 Å². The summed E-state index contributed by atoms with van der Waals surface area (Å²) in [5.41, 5.74) is 7.95. The maximum absolute atomic E-state index is 14.0. The van der Waals surface area contributed by atoms with Gasteiger partial charge in [-0.25, -0.2) is 9.59 Å². The number of amides is 2. The average molecular weight is 568 g/mol. The number of nitrogens with zero attached hydrogens (tertiary/aromatic N) is 2. The second-order valence-corrected chi connectivity index (χ2v) is 11.1. The number of ether oxygens (including phenoxy) is 2. The minimum Gasteiger partial charge on any atom is -0.451 e. The quantitative estimate of drug-likeness (QED) is 0.218. The Morgan fingerprint density at radius 2 is 1.71 bits per heavy atom. The zero-order valence-corrected chi connectivity index (χ0v) is 23.6. The number of carbonyl (C=O) groups excluding carboxylic acids is 4. The number of β-lactam (4-membered cyclic amide) rings is 1. The molecule has 0 saturated carbocycles. The topological polar surface area (TPSA) is 129 Å². The summed E-state index contributed by atoms with van der Waals surface area (Å²) < 4.78 is 11.4. The first-order chi connectivity index (χ1) is 20.2. The van der Waals surface area contributed by atoms with Crippen molar-refractivity contribution < 1.29 is 28.7 Å². The van der Waals surface area contributed by atoms with Crippen molar-refractivity contribution >= 4 is 29.8 Å². The Morgan fingerprint density at radius 1 is 1.07 bits per heavy atom. The third kappa shape index (κ3) is 5.95. The van der Waals surface area contributed by atoms with Crippen LogP contribution in [0.1, 0.15) is 55.2 Å². The van der Waals surface area contributed by atoms with Crippen molar-refractivity contribution in [2.75, 3.05) is 6.61 Å². The van der Waals surface area contributed by atoms with E-state index in [1.807, 2.05) is 72.8 Å². The highest BCUT2D eigenvalue weighted by Gasteiger charge is 2.63. The van der Waals surface area contributed by atoms with Gasteiger partial charge >= 0.3 is 12.1 Å². The molecule has 9 heteroatoms. The number of Topliss-reactive ketones (excluding diaryl/α,β-unsaturated/α-hetero) is 1. The fraction of sp³-hybridized carbons (Fsp3) is 0.303. The third-order valence-electron chi connectivity index (χ3n) is 7.89. The predicted molar refractivity (Wildman–Crippen MR) is 155 cm³/mol. The SMILES string of the molecule is CC(=O)CCc1ccnc(/C=C2/C(=O)N3C2C[C@@](C)(COC(N)=O)[C@@H]3C(=O)OC(c2ccccc2)c2ccccc2)c1. The number of aryl methyl sites for hydroxylation is 1. The smallest absolute Gasteiger partial charge is 0.404 e. The number of primary amides is 1. The molecule has 1 unspecified atom stereocenters. The lowest BCUT2D eigenvalue weighted by Gasteiger charge is -2.41. The standard InChI is InChI=1S/C33H33N3O6/c1-21(37)13-14-22-15-16-35-25(17-22)18-26-27-19-33(2,20-41-32(34)40)29(36(27)30(26)38)31(39)42-28(23-9-5-3-6-10-23)24-11-7-4-8-12-24/h3-12,15-18,27-29H,13-14,19-20H2,1-2H3,(H2,34,40)/b26-18+/t27?,29-,33-/m0/s1. The average Bonchev–Trinajstić information content (AvgIpc) is 3.27. The highest BCUT2D eigenvalue weighted by Crippen LogP contribution is 2.50. The van der Waals surface area contributed by atoms with E-state index in [1.165, 1.54) is 4.90 Å². The lowest BCUT2D eigenvalue weighted by Crippen LogP contribution is -2.58. The van der Waals surface area contributed by atoms with E-state index in [9.17, 15) is 19.2 Å². The lowest BCUT2D eigenvalue weighted by atomic mass is 9.81. The molecular formula is C33H33N3O6. The number of fused-ring (bicyclic) bond motifs is 1. The molecule has 216 valence electrons. The van der Waals surface area contributed by atoms with Gasteiger partial charge in [0.05, 0.1) is 11.7 Å². The van der Waals surface area contributed by atoms with E-state index in [0.29, 0.717) is 30.5 Å². The second-order valence-electron chi connectivity index (χ2n) is 11.1. The van der Waals surface area contributed by atoms with Crippen LogP contribution in [0.5, 0.6) is 0 Å². The largest absolute Gasteiger partial charge is 0.451 e. The van der Waals surface area contributed by atoms with Crippen LogP contribution in [-0.2, 0) is 30.3 Å². The van der Waals surface area contributed by atoms with Crippen molar-refractivity contribution in [2.24, 2.45) is 11.1 Å². The number of ketones is 1. The summed E-state index contributed by atoms with van der Waals surface area (Å²) in [5, 5.41) is 0. The molecule has 2 aliphatic rings. The van der Waals surface area contributed by atoms with Gasteiger partial charge in [-0.05, 0) is 54.7 Å². The molecule has 3 aromatic rings. The fourth-order valence-electron chi connectivity index (χ4n) is 5.81. The van der Waals surface area contributed by atoms with Crippen molar-refractivity contribution in [3.63, 3.8) is 0 Å². The van der Waals surface area contributed by atoms with E-state index in [1.54, 1.807) is 26.1 Å². The molecular weight excluding hydrogens is 534 g/mol. The number of hydrogen-bond acceptors (Lipinski definition) is 7. The van der Waals surface area contributed by atoms with E-state index >= 15 is 0 Å². The van der Waals surface area contributed by atoms with E-state index < -0.39 is 35.7 Å². The van der Waals surface area contributed by atoms with Gasteiger partial charge in [0.2, 0.25) is 0 Å². The molecule has 9 nitrogen and oxygen atoms in total. The Labute approximate surface area is 244 Å². The monoisotopic (exact) mass is 567 g/mol. The predicted octanol–water partition coefficient (Wildman–Crippen LogP) is 4.40. The van der Waals surface area contributed by atoms with Crippen molar-refractivity contribution in [1.29, 1.82) is 0 Å². The molecule has 0 radical (unpaired) electrons. The number of pyridine rings is 1. The van der Waals surface area contributed by atoms with Crippen LogP contribution in [0.15, 0.2) is 84.6 Å². The van der Waals surface area contributed by atoms with Crippen molar-refractivity contribution in [3.8, 4) is 0 Å². The highest BCUT2D eigenvalue weighted by atomic mass is 16.6. The molecule has 42 heavy (non-hydrogen) atoms. The summed E-state index contributed by atoms with van der Waals surface area (Å²) in [6, 6.07) is 21.1. The van der Waals surface area contributed by atoms with Gasteiger partial charge < -0.3 is 24.9 Å². The van der Waals surface area contributed by atoms with Crippen molar-refractivity contribution in [3.05, 3.63) is 107 Å². The van der Waals surface area contributed by atoms with E-state index in [-0.39, 0.29) is 18.3 Å². The molecule has 0 spiro atoms. The normalized spacial score (nSPS) is 22.0. The highest BCUT2D eigenvalue weighted by molar-refractivity contribution is 6.08. The number of carbonyl (C=O) groups is 4. The second kappa shape index (κ2) is 12.0. The Balaban J connectivity index is 1.44. The fourth-order valence-corrected chi connectivity index (χ4v) is 5.81. The minimum absolute atomic E-state index is 0.0969. The van der Waals surface area contributed by atoms with Crippen LogP contribution >= 0.6 is 0 Å². The Bertz CT molecular complexity index is 1480. The zero-order chi connectivity index (χ0) is 29.9. The first-order valence-corrected chi connectivity index (χ1v) is 13.9. The number of aromatic nitrogens is 1. The van der Waals surface area contributed by atoms with Crippen LogP contribution < -0.4 is 5.73 Å². The number of esters is 1. The van der Waals surface area contributed by atoms with Crippen LogP contribution in [0.25, 0.3) is 6.08 Å². The van der Waals surface area contributed by atoms with Gasteiger partial charge in [-0.2, -0.15) is 0 Å². The van der Waals surface area contributed by atoms with Gasteiger partial charge in [-0.15, -0.1) is 0 Å². The van der Waals surface area contributed by atoms with Gasteiger partial charge in [0.25, 0.3) is 5.91 Å². The molecule has 2 N–H and O–H groups in total. The molecule has 1 aromatic heterocycles.